The Morgan fingerprint density at radius 2 is 1.93 bits per heavy atom. The number of hydrogen-bond donors (Lipinski definition) is 0. The largest absolute Gasteiger partial charge is 0.381 e. The number of pyridine rings is 1. The predicted molar refractivity (Wildman–Crippen MR) is 114 cm³/mol. The second-order valence-corrected chi connectivity index (χ2v) is 8.31. The number of amides is 1. The van der Waals surface area contributed by atoms with Crippen LogP contribution in [0.4, 0.5) is 0 Å². The minimum absolute atomic E-state index is 0.283. The van der Waals surface area contributed by atoms with Crippen LogP contribution in [-0.4, -0.2) is 60.1 Å². The molecule has 2 aliphatic rings. The predicted octanol–water partition coefficient (Wildman–Crippen LogP) is 3.17. The van der Waals surface area contributed by atoms with E-state index >= 15 is 0 Å². The zero-order valence-corrected chi connectivity index (χ0v) is 17.3. The molecule has 5 heteroatoms. The van der Waals surface area contributed by atoms with Crippen LogP contribution in [0.2, 0.25) is 0 Å². The lowest BCUT2D eigenvalue weighted by Gasteiger charge is -2.40. The fourth-order valence-corrected chi connectivity index (χ4v) is 4.64. The number of ether oxygens (including phenoxy) is 1. The summed E-state index contributed by atoms with van der Waals surface area (Å²) in [6.07, 6.45) is 4.38. The molecule has 2 fully saturated rings. The second-order valence-electron chi connectivity index (χ2n) is 8.31. The van der Waals surface area contributed by atoms with E-state index < -0.39 is 5.41 Å². The Labute approximate surface area is 173 Å². The normalized spacial score (nSPS) is 20.2. The molecule has 5 nitrogen and oxygen atoms in total. The first kappa shape index (κ1) is 20.0. The van der Waals surface area contributed by atoms with Gasteiger partial charge in [-0.3, -0.25) is 14.7 Å². The molecule has 0 N–H and O–H groups in total. The maximum atomic E-state index is 13.8. The molecule has 1 aromatic carbocycles. The first-order valence-electron chi connectivity index (χ1n) is 10.7. The summed E-state index contributed by atoms with van der Waals surface area (Å²) in [5.41, 5.74) is 3.01. The molecule has 0 aliphatic carbocycles. The van der Waals surface area contributed by atoms with Gasteiger partial charge in [0.1, 0.15) is 0 Å². The van der Waals surface area contributed by atoms with Crippen LogP contribution >= 0.6 is 0 Å². The maximum absolute atomic E-state index is 13.8. The van der Waals surface area contributed by atoms with Crippen LogP contribution in [-0.2, 0) is 21.5 Å². The summed E-state index contributed by atoms with van der Waals surface area (Å²) in [5, 5.41) is 0. The van der Waals surface area contributed by atoms with Gasteiger partial charge in [0.25, 0.3) is 0 Å². The van der Waals surface area contributed by atoms with Gasteiger partial charge in [0, 0.05) is 52.1 Å². The quantitative estimate of drug-likeness (QED) is 0.800. The minimum atomic E-state index is -0.444. The SMILES string of the molecule is Cc1cccc(C2(C(=O)N3CCCN(Cc4ccccn4)CC3)CCOCC2)c1. The lowest BCUT2D eigenvalue weighted by atomic mass is 9.72. The first-order chi connectivity index (χ1) is 14.2. The summed E-state index contributed by atoms with van der Waals surface area (Å²) >= 11 is 0. The molecule has 0 spiro atoms. The van der Waals surface area contributed by atoms with E-state index in [0.29, 0.717) is 13.2 Å². The van der Waals surface area contributed by atoms with Crippen LogP contribution in [0.5, 0.6) is 0 Å². The zero-order valence-electron chi connectivity index (χ0n) is 17.3. The van der Waals surface area contributed by atoms with Gasteiger partial charge in [0.2, 0.25) is 5.91 Å². The topological polar surface area (TPSA) is 45.7 Å². The molecular weight excluding hydrogens is 362 g/mol. The summed E-state index contributed by atoms with van der Waals surface area (Å²) in [5.74, 6) is 0.283. The number of carbonyl (C=O) groups excluding carboxylic acids is 1. The van der Waals surface area contributed by atoms with Gasteiger partial charge < -0.3 is 9.64 Å². The van der Waals surface area contributed by atoms with E-state index in [1.807, 2.05) is 18.3 Å². The molecular formula is C24H31N3O2. The standard InChI is InChI=1S/C24H31N3O2/c1-20-6-4-7-21(18-20)24(9-16-29-17-10-24)23(28)27-13-5-12-26(14-15-27)19-22-8-2-3-11-25-22/h2-4,6-8,11,18H,5,9-10,12-17,19H2,1H3. The first-order valence-corrected chi connectivity index (χ1v) is 10.7. The number of nitrogens with zero attached hydrogens (tertiary/aromatic N) is 3. The maximum Gasteiger partial charge on any atom is 0.233 e. The van der Waals surface area contributed by atoms with Crippen LogP contribution in [0.3, 0.4) is 0 Å². The zero-order chi connectivity index (χ0) is 20.1. The lowest BCUT2D eigenvalue weighted by molar-refractivity contribution is -0.141. The molecule has 1 amide bonds. The Morgan fingerprint density at radius 3 is 2.69 bits per heavy atom. The Balaban J connectivity index is 1.49. The molecule has 0 atom stereocenters. The van der Waals surface area contributed by atoms with Crippen molar-refractivity contribution in [2.24, 2.45) is 0 Å². The van der Waals surface area contributed by atoms with Crippen LogP contribution in [0.25, 0.3) is 0 Å². The van der Waals surface area contributed by atoms with E-state index in [1.165, 1.54) is 5.56 Å². The summed E-state index contributed by atoms with van der Waals surface area (Å²) in [6, 6.07) is 14.5. The number of aryl methyl sites for hydroxylation is 1. The van der Waals surface area contributed by atoms with E-state index in [9.17, 15) is 4.79 Å². The molecule has 4 rings (SSSR count). The lowest BCUT2D eigenvalue weighted by Crippen LogP contribution is -2.50. The molecule has 0 radical (unpaired) electrons. The summed E-state index contributed by atoms with van der Waals surface area (Å²) < 4.78 is 5.64. The number of benzene rings is 1. The highest BCUT2D eigenvalue weighted by atomic mass is 16.5. The van der Waals surface area contributed by atoms with Gasteiger partial charge in [-0.2, -0.15) is 0 Å². The monoisotopic (exact) mass is 393 g/mol. The highest BCUT2D eigenvalue weighted by Gasteiger charge is 2.44. The van der Waals surface area contributed by atoms with Crippen molar-refractivity contribution in [3.8, 4) is 0 Å². The van der Waals surface area contributed by atoms with Gasteiger partial charge in [-0.25, -0.2) is 0 Å². The van der Waals surface area contributed by atoms with Crippen molar-refractivity contribution in [2.45, 2.75) is 38.1 Å². The molecule has 3 heterocycles. The van der Waals surface area contributed by atoms with Gasteiger partial charge in [-0.1, -0.05) is 35.9 Å². The molecule has 2 saturated heterocycles. The van der Waals surface area contributed by atoms with E-state index in [1.54, 1.807) is 0 Å². The average molecular weight is 394 g/mol. The van der Waals surface area contributed by atoms with Crippen molar-refractivity contribution in [3.05, 3.63) is 65.5 Å². The van der Waals surface area contributed by atoms with E-state index in [0.717, 1.165) is 63.2 Å². The second kappa shape index (κ2) is 9.06. The van der Waals surface area contributed by atoms with Crippen LogP contribution in [0.15, 0.2) is 48.7 Å². The summed E-state index contributed by atoms with van der Waals surface area (Å²) in [4.78, 5) is 22.8. The van der Waals surface area contributed by atoms with Crippen molar-refractivity contribution in [2.75, 3.05) is 39.4 Å². The van der Waals surface area contributed by atoms with Crippen molar-refractivity contribution in [1.82, 2.24) is 14.8 Å². The van der Waals surface area contributed by atoms with Crippen LogP contribution < -0.4 is 0 Å². The number of rotatable bonds is 4. The van der Waals surface area contributed by atoms with E-state index in [-0.39, 0.29) is 5.91 Å². The van der Waals surface area contributed by atoms with Crippen molar-refractivity contribution < 1.29 is 9.53 Å². The average Bonchev–Trinajstić information content (AvgIpc) is 3.00. The summed E-state index contributed by atoms with van der Waals surface area (Å²) in [6.45, 7) is 7.75. The van der Waals surface area contributed by atoms with Crippen LogP contribution in [0, 0.1) is 6.92 Å². The van der Waals surface area contributed by atoms with Crippen molar-refractivity contribution in [1.29, 1.82) is 0 Å². The third-order valence-corrected chi connectivity index (χ3v) is 6.31. The Bertz CT molecular complexity index is 818. The minimum Gasteiger partial charge on any atom is -0.381 e. The van der Waals surface area contributed by atoms with Gasteiger partial charge in [0.05, 0.1) is 11.1 Å². The highest BCUT2D eigenvalue weighted by molar-refractivity contribution is 5.88. The van der Waals surface area contributed by atoms with Gasteiger partial charge in [-0.05, 0) is 43.9 Å². The molecule has 154 valence electrons. The fourth-order valence-electron chi connectivity index (χ4n) is 4.64. The third kappa shape index (κ3) is 4.51. The van der Waals surface area contributed by atoms with Crippen molar-refractivity contribution >= 4 is 5.91 Å². The van der Waals surface area contributed by atoms with Crippen molar-refractivity contribution in [3.63, 3.8) is 0 Å². The third-order valence-electron chi connectivity index (χ3n) is 6.31. The smallest absolute Gasteiger partial charge is 0.233 e. The Hall–Kier alpha value is -2.24. The molecule has 2 aliphatic heterocycles. The van der Waals surface area contributed by atoms with Gasteiger partial charge in [-0.15, -0.1) is 0 Å². The van der Waals surface area contributed by atoms with Gasteiger partial charge >= 0.3 is 0 Å². The molecule has 2 aromatic rings. The fraction of sp³-hybridized carbons (Fsp3) is 0.500. The molecule has 0 unspecified atom stereocenters. The molecule has 29 heavy (non-hydrogen) atoms. The molecule has 0 saturated carbocycles. The number of aromatic nitrogens is 1. The summed E-state index contributed by atoms with van der Waals surface area (Å²) in [7, 11) is 0. The van der Waals surface area contributed by atoms with Crippen LogP contribution in [0.1, 0.15) is 36.1 Å². The number of hydrogen-bond acceptors (Lipinski definition) is 4. The van der Waals surface area contributed by atoms with Gasteiger partial charge in [0.15, 0.2) is 0 Å². The number of carbonyl (C=O) groups is 1. The Kier molecular flexibility index (Phi) is 6.26. The Morgan fingerprint density at radius 1 is 1.07 bits per heavy atom. The highest BCUT2D eigenvalue weighted by Crippen LogP contribution is 2.37. The molecule has 0 bridgehead atoms. The van der Waals surface area contributed by atoms with E-state index in [4.69, 9.17) is 4.74 Å². The molecule has 1 aromatic heterocycles. The van der Waals surface area contributed by atoms with E-state index in [2.05, 4.69) is 52.0 Å².